The van der Waals surface area contributed by atoms with Gasteiger partial charge in [0.2, 0.25) is 17.7 Å². The van der Waals surface area contributed by atoms with E-state index in [1.807, 2.05) is 38.1 Å². The first-order chi connectivity index (χ1) is 10.7. The second kappa shape index (κ2) is 6.40. The van der Waals surface area contributed by atoms with E-state index in [1.165, 1.54) is 4.90 Å². The van der Waals surface area contributed by atoms with Gasteiger partial charge in [-0.2, -0.15) is 0 Å². The van der Waals surface area contributed by atoms with Gasteiger partial charge in [0.05, 0.1) is 12.0 Å². The Labute approximate surface area is 136 Å². The Morgan fingerprint density at radius 1 is 1.22 bits per heavy atom. The van der Waals surface area contributed by atoms with E-state index in [4.69, 9.17) is 0 Å². The Kier molecular flexibility index (Phi) is 4.73. The third-order valence-corrected chi connectivity index (χ3v) is 4.15. The number of carbonyl (C=O) groups excluding carboxylic acids is 3. The molecule has 124 valence electrons. The van der Waals surface area contributed by atoms with Crippen molar-refractivity contribution in [3.63, 3.8) is 0 Å². The molecule has 0 bridgehead atoms. The van der Waals surface area contributed by atoms with Crippen molar-refractivity contribution < 1.29 is 14.4 Å². The summed E-state index contributed by atoms with van der Waals surface area (Å²) in [5.41, 5.74) is 1.27. The zero-order valence-electron chi connectivity index (χ0n) is 14.0. The molecule has 2 rings (SSSR count). The third kappa shape index (κ3) is 3.36. The Bertz CT molecular complexity index is 638. The molecule has 1 aliphatic heterocycles. The van der Waals surface area contributed by atoms with E-state index < -0.39 is 5.41 Å². The minimum absolute atomic E-state index is 0.00383. The summed E-state index contributed by atoms with van der Waals surface area (Å²) in [5, 5.41) is 2.58. The molecule has 1 N–H and O–H groups in total. The van der Waals surface area contributed by atoms with Crippen LogP contribution in [0.1, 0.15) is 25.8 Å². The van der Waals surface area contributed by atoms with Gasteiger partial charge < -0.3 is 15.1 Å². The highest BCUT2D eigenvalue weighted by molar-refractivity contribution is 6.07. The summed E-state index contributed by atoms with van der Waals surface area (Å²) in [4.78, 5) is 39.0. The van der Waals surface area contributed by atoms with Gasteiger partial charge in [-0.25, -0.2) is 0 Å². The minimum atomic E-state index is -0.575. The molecule has 0 atom stereocenters. The summed E-state index contributed by atoms with van der Waals surface area (Å²) in [6.07, 6.45) is 0.164. The first-order valence-corrected chi connectivity index (χ1v) is 7.63. The number of hydrogen-bond acceptors (Lipinski definition) is 3. The van der Waals surface area contributed by atoms with Gasteiger partial charge in [-0.05, 0) is 25.5 Å². The summed E-state index contributed by atoms with van der Waals surface area (Å²) in [6, 6.07) is 7.64. The van der Waals surface area contributed by atoms with Crippen molar-refractivity contribution in [3.05, 3.63) is 29.8 Å². The van der Waals surface area contributed by atoms with Crippen LogP contribution in [0, 0.1) is 0 Å². The number of amides is 3. The number of anilines is 1. The summed E-state index contributed by atoms with van der Waals surface area (Å²) < 4.78 is 0. The van der Waals surface area contributed by atoms with Crippen LogP contribution in [0.2, 0.25) is 0 Å². The Balaban J connectivity index is 1.98. The van der Waals surface area contributed by atoms with Crippen LogP contribution in [0.25, 0.3) is 0 Å². The van der Waals surface area contributed by atoms with E-state index in [-0.39, 0.29) is 30.7 Å². The second-order valence-corrected chi connectivity index (χ2v) is 6.41. The fraction of sp³-hybridized carbons (Fsp3) is 0.471. The van der Waals surface area contributed by atoms with Gasteiger partial charge in [0.1, 0.15) is 0 Å². The topological polar surface area (TPSA) is 69.7 Å². The number of carbonyl (C=O) groups is 3. The maximum atomic E-state index is 12.6. The number of para-hydroxylation sites is 1. The molecule has 0 radical (unpaired) electrons. The Morgan fingerprint density at radius 2 is 1.87 bits per heavy atom. The van der Waals surface area contributed by atoms with Crippen molar-refractivity contribution in [3.8, 4) is 0 Å². The highest BCUT2D eigenvalue weighted by atomic mass is 16.2. The average molecular weight is 317 g/mol. The van der Waals surface area contributed by atoms with Gasteiger partial charge in [0, 0.05) is 32.7 Å². The molecule has 23 heavy (non-hydrogen) atoms. The maximum Gasteiger partial charge on any atom is 0.241 e. The lowest BCUT2D eigenvalue weighted by atomic mass is 9.86. The number of benzene rings is 1. The molecule has 6 heteroatoms. The molecule has 0 fully saturated rings. The largest absolute Gasteiger partial charge is 0.347 e. The molecule has 0 spiro atoms. The molecule has 1 aromatic rings. The lowest BCUT2D eigenvalue weighted by Crippen LogP contribution is -2.40. The van der Waals surface area contributed by atoms with Crippen LogP contribution in [0.5, 0.6) is 0 Å². The maximum absolute atomic E-state index is 12.6. The van der Waals surface area contributed by atoms with E-state index in [0.717, 1.165) is 11.3 Å². The van der Waals surface area contributed by atoms with Crippen LogP contribution in [0.4, 0.5) is 5.69 Å². The van der Waals surface area contributed by atoms with Crippen LogP contribution in [-0.4, -0.2) is 49.8 Å². The van der Waals surface area contributed by atoms with Crippen LogP contribution in [-0.2, 0) is 19.8 Å². The van der Waals surface area contributed by atoms with Crippen molar-refractivity contribution >= 4 is 23.4 Å². The van der Waals surface area contributed by atoms with Crippen LogP contribution < -0.4 is 10.2 Å². The molecule has 1 aromatic carbocycles. The fourth-order valence-electron chi connectivity index (χ4n) is 2.66. The van der Waals surface area contributed by atoms with Crippen molar-refractivity contribution in [2.45, 2.75) is 25.7 Å². The number of nitrogens with zero attached hydrogens (tertiary/aromatic N) is 2. The normalized spacial score (nSPS) is 15.3. The Hall–Kier alpha value is -2.37. The van der Waals surface area contributed by atoms with Crippen LogP contribution >= 0.6 is 0 Å². The molecular weight excluding hydrogens is 294 g/mol. The molecule has 0 saturated carbocycles. The van der Waals surface area contributed by atoms with Gasteiger partial charge in [0.15, 0.2) is 0 Å². The SMILES string of the molecule is CN(C)C(=O)CNC(=O)CCN1C(=O)C(C)(C)c2ccccc21. The highest BCUT2D eigenvalue weighted by Crippen LogP contribution is 2.41. The van der Waals surface area contributed by atoms with Crippen molar-refractivity contribution in [1.29, 1.82) is 0 Å². The zero-order valence-corrected chi connectivity index (χ0v) is 14.0. The summed E-state index contributed by atoms with van der Waals surface area (Å²) in [7, 11) is 3.27. The number of hydrogen-bond donors (Lipinski definition) is 1. The summed E-state index contributed by atoms with van der Waals surface area (Å²) >= 11 is 0. The van der Waals surface area contributed by atoms with Gasteiger partial charge in [-0.15, -0.1) is 0 Å². The van der Waals surface area contributed by atoms with E-state index in [0.29, 0.717) is 6.54 Å². The molecule has 0 aromatic heterocycles. The van der Waals surface area contributed by atoms with E-state index >= 15 is 0 Å². The highest BCUT2D eigenvalue weighted by Gasteiger charge is 2.43. The van der Waals surface area contributed by atoms with Gasteiger partial charge in [0.25, 0.3) is 0 Å². The minimum Gasteiger partial charge on any atom is -0.347 e. The standard InChI is InChI=1S/C17H23N3O3/c1-17(2)12-7-5-6-8-13(12)20(16(17)23)10-9-14(21)18-11-15(22)19(3)4/h5-8H,9-11H2,1-4H3,(H,18,21). The molecule has 0 aliphatic carbocycles. The lowest BCUT2D eigenvalue weighted by Gasteiger charge is -2.20. The molecular formula is C17H23N3O3. The van der Waals surface area contributed by atoms with Crippen LogP contribution in [0.3, 0.4) is 0 Å². The average Bonchev–Trinajstić information content (AvgIpc) is 2.70. The molecule has 6 nitrogen and oxygen atoms in total. The molecule has 3 amide bonds. The fourth-order valence-corrected chi connectivity index (χ4v) is 2.66. The van der Waals surface area contributed by atoms with Gasteiger partial charge in [-0.1, -0.05) is 18.2 Å². The lowest BCUT2D eigenvalue weighted by molar-refractivity contribution is -0.131. The van der Waals surface area contributed by atoms with Crippen molar-refractivity contribution in [2.75, 3.05) is 32.1 Å². The monoisotopic (exact) mass is 317 g/mol. The second-order valence-electron chi connectivity index (χ2n) is 6.41. The first-order valence-electron chi connectivity index (χ1n) is 7.63. The molecule has 0 unspecified atom stereocenters. The molecule has 0 saturated heterocycles. The first kappa shape index (κ1) is 17.0. The molecule has 1 aliphatic rings. The number of fused-ring (bicyclic) bond motifs is 1. The Morgan fingerprint density at radius 3 is 2.52 bits per heavy atom. The predicted octanol–water partition coefficient (Wildman–Crippen LogP) is 0.905. The number of likely N-dealkylation sites (N-methyl/N-ethyl adjacent to an activating group) is 1. The number of rotatable bonds is 5. The van der Waals surface area contributed by atoms with Crippen LogP contribution in [0.15, 0.2) is 24.3 Å². The number of nitrogens with one attached hydrogen (secondary N) is 1. The van der Waals surface area contributed by atoms with E-state index in [2.05, 4.69) is 5.32 Å². The van der Waals surface area contributed by atoms with Gasteiger partial charge >= 0.3 is 0 Å². The van der Waals surface area contributed by atoms with E-state index in [9.17, 15) is 14.4 Å². The summed E-state index contributed by atoms with van der Waals surface area (Å²) in [5.74, 6) is -0.409. The third-order valence-electron chi connectivity index (χ3n) is 4.15. The van der Waals surface area contributed by atoms with Gasteiger partial charge in [-0.3, -0.25) is 14.4 Å². The predicted molar refractivity (Wildman–Crippen MR) is 88.1 cm³/mol. The zero-order chi connectivity index (χ0) is 17.2. The van der Waals surface area contributed by atoms with Crippen molar-refractivity contribution in [2.24, 2.45) is 0 Å². The molecule has 1 heterocycles. The quantitative estimate of drug-likeness (QED) is 0.877. The van der Waals surface area contributed by atoms with E-state index in [1.54, 1.807) is 19.0 Å². The summed E-state index contributed by atoms with van der Waals surface area (Å²) in [6.45, 7) is 4.07. The van der Waals surface area contributed by atoms with Crippen molar-refractivity contribution in [1.82, 2.24) is 10.2 Å². The smallest absolute Gasteiger partial charge is 0.241 e.